The molecule has 0 saturated heterocycles. The molecule has 0 aromatic heterocycles. The topological polar surface area (TPSA) is 80.3 Å². The monoisotopic (exact) mass is 1260 g/mol. The van der Waals surface area contributed by atoms with Gasteiger partial charge in [0, 0.05) is 22.8 Å². The maximum Gasteiger partial charge on any atom is 2.00 e. The molecule has 0 radical (unpaired) electrons. The third-order valence-electron chi connectivity index (χ3n) is 8.53. The molecule has 0 N–H and O–H groups in total. The molecule has 0 bridgehead atoms. The maximum absolute atomic E-state index is 9.91. The van der Waals surface area contributed by atoms with Crippen LogP contribution in [0, 0.1) is 23.0 Å². The third-order valence-corrected chi connectivity index (χ3v) is 13.4. The molecule has 0 spiro atoms. The fourth-order valence-electron chi connectivity index (χ4n) is 5.04. The predicted octanol–water partition coefficient (Wildman–Crippen LogP) is 12.3. The summed E-state index contributed by atoms with van der Waals surface area (Å²) in [7, 11) is -0.892. The van der Waals surface area contributed by atoms with E-state index in [0.717, 1.165) is 0 Å². The second-order valence-electron chi connectivity index (χ2n) is 16.1. The Labute approximate surface area is 480 Å². The first kappa shape index (κ1) is 70.1. The van der Waals surface area contributed by atoms with Gasteiger partial charge in [0.1, 0.15) is 0 Å². The Morgan fingerprint density at radius 2 is 0.472 bits per heavy atom. The van der Waals surface area contributed by atoms with Gasteiger partial charge in [0.2, 0.25) is 0 Å². The molecule has 8 rings (SSSR count). The van der Waals surface area contributed by atoms with E-state index in [1.807, 2.05) is 60.7 Å². The van der Waals surface area contributed by atoms with Crippen LogP contribution in [0.5, 0.6) is 0 Å². The van der Waals surface area contributed by atoms with Crippen LogP contribution >= 0.6 is 62.2 Å². The van der Waals surface area contributed by atoms with Gasteiger partial charge in [-0.3, -0.25) is 0 Å². The van der Waals surface area contributed by atoms with Crippen LogP contribution in [-0.2, 0) is 50.4 Å². The summed E-state index contributed by atoms with van der Waals surface area (Å²) in [6.07, 6.45) is 0. The van der Waals surface area contributed by atoms with Crippen LogP contribution in [0.3, 0.4) is 0 Å². The van der Waals surface area contributed by atoms with Gasteiger partial charge < -0.3 is 19.8 Å². The van der Waals surface area contributed by atoms with Crippen molar-refractivity contribution in [2.45, 2.75) is 41.5 Å². The summed E-state index contributed by atoms with van der Waals surface area (Å²) >= 11 is 19.1. The molecule has 0 aliphatic heterocycles. The molecule has 0 saturated carbocycles. The zero-order valence-electron chi connectivity index (χ0n) is 41.2. The molecule has 0 heterocycles. The minimum Gasteiger partial charge on any atom is -0.550 e. The van der Waals surface area contributed by atoms with Crippen LogP contribution in [0.4, 0.5) is 0 Å². The average Bonchev–Trinajstić information content (AvgIpc) is 3.38. The predicted molar refractivity (Wildman–Crippen MR) is 303 cm³/mol. The number of carboxylic acids is 2. The zero-order valence-corrected chi connectivity index (χ0v) is 49.1. The summed E-state index contributed by atoms with van der Waals surface area (Å²) in [5, 5.41) is 28.6. The van der Waals surface area contributed by atoms with Gasteiger partial charge in [0.15, 0.2) is 0 Å². The number of carbonyl (C=O) groups is 2. The number of benzene rings is 8. The van der Waals surface area contributed by atoms with Gasteiger partial charge in [-0.15, -0.1) is 46.4 Å². The van der Waals surface area contributed by atoms with E-state index in [-0.39, 0.29) is 51.5 Å². The molecule has 12 heteroatoms. The molecule has 72 heavy (non-hydrogen) atoms. The second-order valence-corrected chi connectivity index (χ2v) is 22.2. The van der Waals surface area contributed by atoms with E-state index < -0.39 is 38.6 Å². The summed E-state index contributed by atoms with van der Waals surface area (Å²) in [5.41, 5.74) is -1.39. The molecule has 0 unspecified atom stereocenters. The fraction of sp³-hybridized carbons (Fsp3) is 0.167. The fourth-order valence-corrected chi connectivity index (χ4v) is 9.65. The SMILES string of the molecule is CC(C)(C)C(=O)[O-].CC(C)(C)C(=O)[O-].ClCCl.ClCCl.[Pd+2].[Pd+2].[c-]1ccccc1.[c-]1ccccc1.c1ccc(P(c2ccccc2)c2ccccc2)cc1.c1ccc(P(c2ccccc2)c2ccccc2)cc1. The first-order valence-electron chi connectivity index (χ1n) is 22.0. The van der Waals surface area contributed by atoms with Crippen molar-refractivity contribution in [2.24, 2.45) is 10.8 Å². The largest absolute Gasteiger partial charge is 2.00 e. The van der Waals surface area contributed by atoms with Crippen LogP contribution < -0.4 is 42.0 Å². The van der Waals surface area contributed by atoms with Crippen LogP contribution in [0.1, 0.15) is 41.5 Å². The van der Waals surface area contributed by atoms with E-state index >= 15 is 0 Å². The minimum atomic E-state index is -1.01. The van der Waals surface area contributed by atoms with Gasteiger partial charge in [0.05, 0.1) is 10.7 Å². The van der Waals surface area contributed by atoms with Crippen molar-refractivity contribution in [3.8, 4) is 0 Å². The smallest absolute Gasteiger partial charge is 0.550 e. The van der Waals surface area contributed by atoms with Crippen LogP contribution in [0.25, 0.3) is 0 Å². The van der Waals surface area contributed by atoms with Gasteiger partial charge in [-0.1, -0.05) is 224 Å². The first-order valence-corrected chi connectivity index (χ1v) is 26.8. The summed E-state index contributed by atoms with van der Waals surface area (Å²) < 4.78 is 0. The Morgan fingerprint density at radius 1 is 0.347 bits per heavy atom. The zero-order chi connectivity index (χ0) is 51.9. The summed E-state index contributed by atoms with van der Waals surface area (Å²) in [6.45, 7) is 9.60. The Hall–Kier alpha value is -3.96. The maximum atomic E-state index is 9.91. The molecule has 0 amide bonds. The molecule has 8 aromatic carbocycles. The molecule has 0 aliphatic rings. The van der Waals surface area contributed by atoms with Gasteiger partial charge >= 0.3 is 40.8 Å². The number of alkyl halides is 4. The van der Waals surface area contributed by atoms with Crippen LogP contribution in [0.15, 0.2) is 243 Å². The minimum absolute atomic E-state index is 0. The molecular formula is C60H62Cl4O4P2Pd2. The van der Waals surface area contributed by atoms with Crippen molar-refractivity contribution in [3.05, 3.63) is 255 Å². The number of halogens is 4. The van der Waals surface area contributed by atoms with E-state index in [1.165, 1.54) is 31.8 Å². The van der Waals surface area contributed by atoms with Crippen molar-refractivity contribution >= 4 is 106 Å². The quantitative estimate of drug-likeness (QED) is 0.0719. The molecule has 0 aliphatic carbocycles. The van der Waals surface area contributed by atoms with Crippen molar-refractivity contribution in [3.63, 3.8) is 0 Å². The van der Waals surface area contributed by atoms with E-state index in [2.05, 4.69) is 194 Å². The van der Waals surface area contributed by atoms with Crippen molar-refractivity contribution in [1.29, 1.82) is 0 Å². The van der Waals surface area contributed by atoms with Gasteiger partial charge in [-0.05, 0) is 47.7 Å². The molecule has 0 atom stereocenters. The van der Waals surface area contributed by atoms with Crippen molar-refractivity contribution in [1.82, 2.24) is 0 Å². The number of hydrogen-bond donors (Lipinski definition) is 0. The second kappa shape index (κ2) is 43.4. The van der Waals surface area contributed by atoms with Crippen molar-refractivity contribution in [2.75, 3.05) is 10.7 Å². The Balaban J connectivity index is 0. The number of carboxylic acid groups (broad SMARTS) is 2. The molecule has 8 aromatic rings. The standard InChI is InChI=1S/2C18H15P.2C6H5.2C5H10O2.2CH2Cl2.2Pd/c2*1-4-10-16(11-5-1)19(17-12-6-2-7-13-17)18-14-8-3-9-15-18;2*1-2-4-6-5-3-1;2*1-5(2,3)4(6)7;2*2-1-3;;/h2*1-15H;2*1-5H;2*1-3H3,(H,6,7);2*1H2;;/q;;2*-1;;;;;2*+2/p-2. The molecular weight excluding hydrogens is 1200 g/mol. The Bertz CT molecular complexity index is 2030. The molecule has 384 valence electrons. The number of carbonyl (C=O) groups excluding carboxylic acids is 2. The van der Waals surface area contributed by atoms with E-state index in [4.69, 9.17) is 46.4 Å². The average molecular weight is 1260 g/mol. The summed E-state index contributed by atoms with van der Waals surface area (Å²) in [5.74, 6) is -2.01. The number of hydrogen-bond acceptors (Lipinski definition) is 4. The van der Waals surface area contributed by atoms with E-state index in [1.54, 1.807) is 41.5 Å². The first-order chi connectivity index (χ1) is 33.6. The van der Waals surface area contributed by atoms with Gasteiger partial charge in [0.25, 0.3) is 0 Å². The van der Waals surface area contributed by atoms with Gasteiger partial charge in [-0.25, -0.2) is 0 Å². The summed E-state index contributed by atoms with van der Waals surface area (Å²) in [4.78, 5) is 19.8. The van der Waals surface area contributed by atoms with Crippen LogP contribution in [0.2, 0.25) is 0 Å². The van der Waals surface area contributed by atoms with E-state index in [0.29, 0.717) is 0 Å². The molecule has 0 fully saturated rings. The number of rotatable bonds is 6. The molecule has 4 nitrogen and oxygen atoms in total. The van der Waals surface area contributed by atoms with Crippen LogP contribution in [-0.4, -0.2) is 22.6 Å². The summed E-state index contributed by atoms with van der Waals surface area (Å²) in [6, 6.07) is 89.7. The van der Waals surface area contributed by atoms with E-state index in [9.17, 15) is 19.8 Å². The van der Waals surface area contributed by atoms with Crippen molar-refractivity contribution < 1.29 is 60.6 Å². The number of aliphatic carboxylic acids is 2. The Kier molecular flexibility index (Phi) is 42.3. The third kappa shape index (κ3) is 33.0. The normalized spacial score (nSPS) is 9.61. The van der Waals surface area contributed by atoms with Gasteiger partial charge in [-0.2, -0.15) is 72.8 Å². The Morgan fingerprint density at radius 3 is 0.556 bits per heavy atom.